The van der Waals surface area contributed by atoms with Gasteiger partial charge in [-0.15, -0.1) is 5.10 Å². The summed E-state index contributed by atoms with van der Waals surface area (Å²) in [6.07, 6.45) is 6.70. The van der Waals surface area contributed by atoms with Crippen LogP contribution in [0.5, 0.6) is 11.6 Å². The Labute approximate surface area is 124 Å². The first kappa shape index (κ1) is 12.3. The molecule has 21 heavy (non-hydrogen) atoms. The number of rotatable bonds is 3. The Balaban J connectivity index is 1.84. The number of hydrogen-bond donors (Lipinski definition) is 1. The van der Waals surface area contributed by atoms with E-state index in [2.05, 4.69) is 20.1 Å². The zero-order valence-corrected chi connectivity index (χ0v) is 11.7. The number of nitrogen functional groups attached to an aromatic ring is 1. The van der Waals surface area contributed by atoms with Gasteiger partial charge >= 0.3 is 0 Å². The summed E-state index contributed by atoms with van der Waals surface area (Å²) >= 11 is 5.91. The topological polar surface area (TPSA) is 91.7 Å². The lowest BCUT2D eigenvalue weighted by Crippen LogP contribution is -1.98. The fourth-order valence-corrected chi connectivity index (χ4v) is 2.33. The first-order valence-corrected chi connectivity index (χ1v) is 6.87. The molecule has 106 valence electrons. The van der Waals surface area contributed by atoms with Crippen molar-refractivity contribution in [1.29, 1.82) is 0 Å². The summed E-state index contributed by atoms with van der Waals surface area (Å²) in [6, 6.07) is 2.02. The standard InChI is InChI=1S/C13H11ClN6O/c14-7-3-9(5-16-4-7)21-13-10-11(15)17-6-18-12(10)20(19-13)8-1-2-8/h3-6,8H,1-2H2,(H2,15,17,18). The molecule has 0 atom stereocenters. The Kier molecular flexibility index (Phi) is 2.68. The third-order valence-electron chi connectivity index (χ3n) is 3.27. The van der Waals surface area contributed by atoms with Gasteiger partial charge in [0.05, 0.1) is 17.3 Å². The highest BCUT2D eigenvalue weighted by Crippen LogP contribution is 2.40. The summed E-state index contributed by atoms with van der Waals surface area (Å²) < 4.78 is 7.62. The van der Waals surface area contributed by atoms with Gasteiger partial charge in [0, 0.05) is 12.3 Å². The molecule has 0 radical (unpaired) electrons. The van der Waals surface area contributed by atoms with Crippen LogP contribution in [0, 0.1) is 0 Å². The number of halogens is 1. The summed E-state index contributed by atoms with van der Waals surface area (Å²) in [5, 5.41) is 5.58. The zero-order valence-electron chi connectivity index (χ0n) is 10.9. The van der Waals surface area contributed by atoms with E-state index in [1.165, 1.54) is 12.5 Å². The molecular formula is C13H11ClN6O. The van der Waals surface area contributed by atoms with Crippen LogP contribution in [0.15, 0.2) is 24.8 Å². The van der Waals surface area contributed by atoms with E-state index in [-0.39, 0.29) is 0 Å². The molecule has 1 aliphatic rings. The molecular weight excluding hydrogens is 292 g/mol. The largest absolute Gasteiger partial charge is 0.435 e. The Morgan fingerprint density at radius 1 is 1.29 bits per heavy atom. The van der Waals surface area contributed by atoms with Crippen molar-refractivity contribution in [2.45, 2.75) is 18.9 Å². The Bertz CT molecular complexity index is 829. The van der Waals surface area contributed by atoms with Crippen LogP contribution in [-0.2, 0) is 0 Å². The molecule has 1 saturated carbocycles. The quantitative estimate of drug-likeness (QED) is 0.799. The minimum atomic E-state index is 0.344. The van der Waals surface area contributed by atoms with Crippen LogP contribution in [0.2, 0.25) is 5.02 Å². The summed E-state index contributed by atoms with van der Waals surface area (Å²) in [5.41, 5.74) is 6.64. The van der Waals surface area contributed by atoms with Crippen molar-refractivity contribution < 1.29 is 4.74 Å². The van der Waals surface area contributed by atoms with Gasteiger partial charge in [-0.2, -0.15) is 0 Å². The lowest BCUT2D eigenvalue weighted by molar-refractivity contribution is 0.450. The molecule has 1 fully saturated rings. The van der Waals surface area contributed by atoms with Crippen LogP contribution >= 0.6 is 11.6 Å². The zero-order chi connectivity index (χ0) is 14.4. The van der Waals surface area contributed by atoms with Crippen molar-refractivity contribution in [3.8, 4) is 11.6 Å². The molecule has 0 amide bonds. The minimum absolute atomic E-state index is 0.344. The number of fused-ring (bicyclic) bond motifs is 1. The average Bonchev–Trinajstić information content (AvgIpc) is 3.23. The van der Waals surface area contributed by atoms with Crippen LogP contribution in [0.25, 0.3) is 11.0 Å². The smallest absolute Gasteiger partial charge is 0.251 e. The van der Waals surface area contributed by atoms with Crippen molar-refractivity contribution in [3.63, 3.8) is 0 Å². The van der Waals surface area contributed by atoms with E-state index in [0.717, 1.165) is 12.8 Å². The van der Waals surface area contributed by atoms with Gasteiger partial charge < -0.3 is 10.5 Å². The molecule has 0 aliphatic heterocycles. The second-order valence-corrected chi connectivity index (χ2v) is 5.32. The molecule has 1 aliphatic carbocycles. The normalized spacial score (nSPS) is 14.5. The van der Waals surface area contributed by atoms with Crippen LogP contribution in [-0.4, -0.2) is 24.7 Å². The Hall–Kier alpha value is -2.41. The number of pyridine rings is 1. The molecule has 3 aromatic rings. The molecule has 8 heteroatoms. The highest BCUT2D eigenvalue weighted by Gasteiger charge is 2.29. The van der Waals surface area contributed by atoms with Crippen molar-refractivity contribution in [2.75, 3.05) is 5.73 Å². The van der Waals surface area contributed by atoms with Gasteiger partial charge in [0.1, 0.15) is 23.3 Å². The highest BCUT2D eigenvalue weighted by molar-refractivity contribution is 6.30. The molecule has 4 rings (SSSR count). The lowest BCUT2D eigenvalue weighted by atomic mass is 10.4. The van der Waals surface area contributed by atoms with Gasteiger partial charge in [0.15, 0.2) is 5.65 Å². The molecule has 0 unspecified atom stereocenters. The second-order valence-electron chi connectivity index (χ2n) is 4.88. The SMILES string of the molecule is Nc1ncnc2c1c(Oc1cncc(Cl)c1)nn2C1CC1. The van der Waals surface area contributed by atoms with E-state index >= 15 is 0 Å². The van der Waals surface area contributed by atoms with Gasteiger partial charge in [-0.1, -0.05) is 11.6 Å². The first-order chi connectivity index (χ1) is 10.2. The fourth-order valence-electron chi connectivity index (χ4n) is 2.17. The van der Waals surface area contributed by atoms with Crippen molar-refractivity contribution >= 4 is 28.5 Å². The predicted molar refractivity (Wildman–Crippen MR) is 77.3 cm³/mol. The fraction of sp³-hybridized carbons (Fsp3) is 0.231. The molecule has 3 heterocycles. The third kappa shape index (κ3) is 2.15. The molecule has 0 bridgehead atoms. The summed E-state index contributed by atoms with van der Waals surface area (Å²) in [4.78, 5) is 12.3. The predicted octanol–water partition coefficient (Wildman–Crippen LogP) is 2.58. The van der Waals surface area contributed by atoms with E-state index in [4.69, 9.17) is 22.1 Å². The average molecular weight is 303 g/mol. The van der Waals surface area contributed by atoms with Gasteiger partial charge in [0.2, 0.25) is 0 Å². The maximum Gasteiger partial charge on any atom is 0.251 e. The first-order valence-electron chi connectivity index (χ1n) is 6.49. The van der Waals surface area contributed by atoms with Gasteiger partial charge in [0.25, 0.3) is 5.88 Å². The summed E-state index contributed by atoms with van der Waals surface area (Å²) in [7, 11) is 0. The van der Waals surface area contributed by atoms with Crippen LogP contribution in [0.3, 0.4) is 0 Å². The third-order valence-corrected chi connectivity index (χ3v) is 3.48. The number of nitrogens with zero attached hydrogens (tertiary/aromatic N) is 5. The molecule has 2 N–H and O–H groups in total. The number of nitrogens with two attached hydrogens (primary N) is 1. The monoisotopic (exact) mass is 302 g/mol. The number of ether oxygens (including phenoxy) is 1. The number of anilines is 1. The number of aromatic nitrogens is 5. The Morgan fingerprint density at radius 2 is 2.14 bits per heavy atom. The Morgan fingerprint density at radius 3 is 2.90 bits per heavy atom. The van der Waals surface area contributed by atoms with E-state index in [9.17, 15) is 0 Å². The maximum absolute atomic E-state index is 5.95. The number of hydrogen-bond acceptors (Lipinski definition) is 6. The molecule has 3 aromatic heterocycles. The van der Waals surface area contributed by atoms with E-state index < -0.39 is 0 Å². The second kappa shape index (κ2) is 4.56. The summed E-state index contributed by atoms with van der Waals surface area (Å²) in [6.45, 7) is 0. The van der Waals surface area contributed by atoms with Crippen molar-refractivity contribution in [1.82, 2.24) is 24.7 Å². The van der Waals surface area contributed by atoms with Gasteiger partial charge in [-0.05, 0) is 12.8 Å². The molecule has 0 saturated heterocycles. The minimum Gasteiger partial charge on any atom is -0.435 e. The molecule has 7 nitrogen and oxygen atoms in total. The van der Waals surface area contributed by atoms with Gasteiger partial charge in [-0.3, -0.25) is 4.98 Å². The van der Waals surface area contributed by atoms with Crippen molar-refractivity contribution in [2.24, 2.45) is 0 Å². The van der Waals surface area contributed by atoms with E-state index in [1.54, 1.807) is 12.3 Å². The lowest BCUT2D eigenvalue weighted by Gasteiger charge is -2.02. The summed E-state index contributed by atoms with van der Waals surface area (Å²) in [5.74, 6) is 1.21. The van der Waals surface area contributed by atoms with E-state index in [0.29, 0.717) is 39.5 Å². The highest BCUT2D eigenvalue weighted by atomic mass is 35.5. The maximum atomic E-state index is 5.95. The van der Waals surface area contributed by atoms with E-state index in [1.807, 2.05) is 4.68 Å². The molecule has 0 spiro atoms. The van der Waals surface area contributed by atoms with Crippen LogP contribution in [0.1, 0.15) is 18.9 Å². The van der Waals surface area contributed by atoms with Crippen molar-refractivity contribution in [3.05, 3.63) is 29.8 Å². The molecule has 0 aromatic carbocycles. The van der Waals surface area contributed by atoms with Gasteiger partial charge in [-0.25, -0.2) is 14.6 Å². The van der Waals surface area contributed by atoms with Crippen LogP contribution in [0.4, 0.5) is 5.82 Å². The van der Waals surface area contributed by atoms with Crippen LogP contribution < -0.4 is 10.5 Å².